The van der Waals surface area contributed by atoms with Gasteiger partial charge in [-0.05, 0) is 38.5 Å². The fraction of sp³-hybridized carbons (Fsp3) is 0.318. The number of carbonyl (C=O) groups excluding carboxylic acids is 1. The van der Waals surface area contributed by atoms with Crippen LogP contribution in [0.5, 0.6) is 11.5 Å². The number of hydrogen-bond acceptors (Lipinski definition) is 6. The van der Waals surface area contributed by atoms with E-state index in [1.54, 1.807) is 0 Å². The predicted octanol–water partition coefficient (Wildman–Crippen LogP) is 4.38. The minimum Gasteiger partial charge on any atom is -0.490 e. The number of thioether (sulfide) groups is 1. The molecule has 0 saturated carbocycles. The van der Waals surface area contributed by atoms with Gasteiger partial charge in [0.1, 0.15) is 6.61 Å². The first-order chi connectivity index (χ1) is 14.0. The van der Waals surface area contributed by atoms with Gasteiger partial charge in [0.05, 0.1) is 12.4 Å². The topological polar surface area (TPSA) is 66.2 Å². The van der Waals surface area contributed by atoms with Crippen LogP contribution in [0.15, 0.2) is 47.6 Å². The standard InChI is InChI=1S/C22H25N3O3S/c1-5-27-20-12-16(3)8-11-19(20)28-13-21-23-24-22(25(21)4)29-14-18(26)17-9-6-15(2)7-10-17/h6-12H,5,13-14H2,1-4H3. The van der Waals surface area contributed by atoms with E-state index >= 15 is 0 Å². The Bertz CT molecular complexity index is 983. The van der Waals surface area contributed by atoms with Gasteiger partial charge in [-0.1, -0.05) is 47.7 Å². The van der Waals surface area contributed by atoms with Crippen molar-refractivity contribution in [2.24, 2.45) is 7.05 Å². The lowest BCUT2D eigenvalue weighted by Crippen LogP contribution is -2.07. The summed E-state index contributed by atoms with van der Waals surface area (Å²) < 4.78 is 13.4. The van der Waals surface area contributed by atoms with E-state index < -0.39 is 0 Å². The Morgan fingerprint density at radius 1 is 1.00 bits per heavy atom. The molecule has 2 aromatic carbocycles. The Morgan fingerprint density at radius 3 is 2.45 bits per heavy atom. The Labute approximate surface area is 175 Å². The van der Waals surface area contributed by atoms with Crippen molar-refractivity contribution >= 4 is 17.5 Å². The molecule has 6 nitrogen and oxygen atoms in total. The lowest BCUT2D eigenvalue weighted by Gasteiger charge is -2.12. The van der Waals surface area contributed by atoms with Crippen molar-refractivity contribution in [3.05, 3.63) is 65.0 Å². The minimum absolute atomic E-state index is 0.0665. The van der Waals surface area contributed by atoms with Crippen LogP contribution in [0.2, 0.25) is 0 Å². The number of aryl methyl sites for hydroxylation is 2. The monoisotopic (exact) mass is 411 g/mol. The summed E-state index contributed by atoms with van der Waals surface area (Å²) in [7, 11) is 1.87. The van der Waals surface area contributed by atoms with Gasteiger partial charge in [0.15, 0.2) is 28.3 Å². The van der Waals surface area contributed by atoms with Crippen molar-refractivity contribution in [3.63, 3.8) is 0 Å². The molecule has 0 aliphatic carbocycles. The SMILES string of the molecule is CCOc1cc(C)ccc1OCc1nnc(SCC(=O)c2ccc(C)cc2)n1C. The lowest BCUT2D eigenvalue weighted by molar-refractivity contribution is 0.102. The van der Waals surface area contributed by atoms with Gasteiger partial charge >= 0.3 is 0 Å². The number of rotatable bonds is 9. The van der Waals surface area contributed by atoms with E-state index in [2.05, 4.69) is 10.2 Å². The van der Waals surface area contributed by atoms with E-state index in [1.807, 2.05) is 74.9 Å². The third kappa shape index (κ3) is 5.38. The number of hydrogen-bond donors (Lipinski definition) is 0. The van der Waals surface area contributed by atoms with Crippen LogP contribution in [0.4, 0.5) is 0 Å². The van der Waals surface area contributed by atoms with Crippen molar-refractivity contribution in [1.29, 1.82) is 0 Å². The van der Waals surface area contributed by atoms with Crippen LogP contribution in [0.25, 0.3) is 0 Å². The summed E-state index contributed by atoms with van der Waals surface area (Å²) in [6, 6.07) is 13.4. The van der Waals surface area contributed by atoms with Gasteiger partial charge < -0.3 is 14.0 Å². The average Bonchev–Trinajstić information content (AvgIpc) is 3.06. The quantitative estimate of drug-likeness (QED) is 0.384. The molecule has 3 aromatic rings. The second kappa shape index (κ2) is 9.60. The molecule has 0 N–H and O–H groups in total. The molecule has 0 spiro atoms. The Kier molecular flexibility index (Phi) is 6.93. The molecular weight excluding hydrogens is 386 g/mol. The van der Waals surface area contributed by atoms with Crippen LogP contribution in [-0.4, -0.2) is 32.9 Å². The molecule has 0 aliphatic heterocycles. The van der Waals surface area contributed by atoms with Gasteiger partial charge in [0, 0.05) is 12.6 Å². The van der Waals surface area contributed by atoms with E-state index in [4.69, 9.17) is 9.47 Å². The maximum atomic E-state index is 12.4. The number of nitrogens with zero attached hydrogens (tertiary/aromatic N) is 3. The largest absolute Gasteiger partial charge is 0.490 e. The van der Waals surface area contributed by atoms with E-state index in [0.717, 1.165) is 11.1 Å². The highest BCUT2D eigenvalue weighted by Crippen LogP contribution is 2.29. The molecule has 0 unspecified atom stereocenters. The van der Waals surface area contributed by atoms with Gasteiger partial charge in [0.25, 0.3) is 0 Å². The van der Waals surface area contributed by atoms with Gasteiger partial charge in [-0.3, -0.25) is 4.79 Å². The molecule has 0 aliphatic rings. The predicted molar refractivity (Wildman–Crippen MR) is 114 cm³/mol. The third-order valence-electron chi connectivity index (χ3n) is 4.39. The first-order valence-corrected chi connectivity index (χ1v) is 10.4. The number of aromatic nitrogens is 3. The lowest BCUT2D eigenvalue weighted by atomic mass is 10.1. The molecule has 0 radical (unpaired) electrons. The van der Waals surface area contributed by atoms with E-state index in [0.29, 0.717) is 40.4 Å². The van der Waals surface area contributed by atoms with Crippen molar-refractivity contribution in [3.8, 4) is 11.5 Å². The first-order valence-electron chi connectivity index (χ1n) is 9.45. The molecule has 3 rings (SSSR count). The summed E-state index contributed by atoms with van der Waals surface area (Å²) >= 11 is 1.37. The molecule has 0 atom stereocenters. The smallest absolute Gasteiger partial charge is 0.191 e. The van der Waals surface area contributed by atoms with Gasteiger partial charge in [-0.2, -0.15) is 0 Å². The molecule has 0 amide bonds. The highest BCUT2D eigenvalue weighted by atomic mass is 32.2. The number of benzene rings is 2. The number of ether oxygens (including phenoxy) is 2. The molecule has 29 heavy (non-hydrogen) atoms. The van der Waals surface area contributed by atoms with Crippen molar-refractivity contribution < 1.29 is 14.3 Å². The second-order valence-corrected chi connectivity index (χ2v) is 7.65. The van der Waals surface area contributed by atoms with Crippen molar-refractivity contribution in [2.45, 2.75) is 32.5 Å². The zero-order valence-corrected chi connectivity index (χ0v) is 18.0. The summed E-state index contributed by atoms with van der Waals surface area (Å²) in [4.78, 5) is 12.4. The van der Waals surface area contributed by atoms with Crippen LogP contribution >= 0.6 is 11.8 Å². The van der Waals surface area contributed by atoms with Crippen LogP contribution in [0, 0.1) is 13.8 Å². The van der Waals surface area contributed by atoms with E-state index in [1.165, 1.54) is 11.8 Å². The second-order valence-electron chi connectivity index (χ2n) is 6.71. The van der Waals surface area contributed by atoms with Crippen LogP contribution in [0.1, 0.15) is 34.2 Å². The summed E-state index contributed by atoms with van der Waals surface area (Å²) in [5.74, 6) is 2.44. The van der Waals surface area contributed by atoms with E-state index in [-0.39, 0.29) is 12.4 Å². The maximum Gasteiger partial charge on any atom is 0.191 e. The molecule has 152 valence electrons. The summed E-state index contributed by atoms with van der Waals surface area (Å²) in [6.45, 7) is 6.78. The normalized spacial score (nSPS) is 10.8. The van der Waals surface area contributed by atoms with E-state index in [9.17, 15) is 4.79 Å². The summed E-state index contributed by atoms with van der Waals surface area (Å²) in [5, 5.41) is 9.07. The molecule has 1 aromatic heterocycles. The van der Waals surface area contributed by atoms with Crippen LogP contribution < -0.4 is 9.47 Å². The minimum atomic E-state index is 0.0665. The molecule has 0 fully saturated rings. The fourth-order valence-corrected chi connectivity index (χ4v) is 3.52. The zero-order chi connectivity index (χ0) is 20.8. The first kappa shape index (κ1) is 20.9. The molecule has 7 heteroatoms. The molecule has 0 saturated heterocycles. The Morgan fingerprint density at radius 2 is 1.72 bits per heavy atom. The summed E-state index contributed by atoms with van der Waals surface area (Å²) in [6.07, 6.45) is 0. The van der Waals surface area contributed by atoms with Crippen molar-refractivity contribution in [2.75, 3.05) is 12.4 Å². The Hall–Kier alpha value is -2.80. The highest BCUT2D eigenvalue weighted by Gasteiger charge is 2.14. The number of Topliss-reactive ketones (excluding diaryl/α,β-unsaturated/α-hetero) is 1. The average molecular weight is 412 g/mol. The number of carbonyl (C=O) groups is 1. The third-order valence-corrected chi connectivity index (χ3v) is 5.41. The molecule has 1 heterocycles. The summed E-state index contributed by atoms with van der Waals surface area (Å²) in [5.41, 5.74) is 2.95. The fourth-order valence-electron chi connectivity index (χ4n) is 2.69. The highest BCUT2D eigenvalue weighted by molar-refractivity contribution is 7.99. The molecular formula is C22H25N3O3S. The maximum absolute atomic E-state index is 12.4. The van der Waals surface area contributed by atoms with Gasteiger partial charge in [-0.25, -0.2) is 0 Å². The zero-order valence-electron chi connectivity index (χ0n) is 17.1. The Balaban J connectivity index is 1.61. The van der Waals surface area contributed by atoms with Gasteiger partial charge in [0.2, 0.25) is 0 Å². The number of ketones is 1. The molecule has 0 bridgehead atoms. The van der Waals surface area contributed by atoms with Gasteiger partial charge in [-0.15, -0.1) is 10.2 Å². The van der Waals surface area contributed by atoms with Crippen LogP contribution in [0.3, 0.4) is 0 Å². The van der Waals surface area contributed by atoms with Crippen molar-refractivity contribution in [1.82, 2.24) is 14.8 Å². The van der Waals surface area contributed by atoms with Crippen LogP contribution in [-0.2, 0) is 13.7 Å².